The summed E-state index contributed by atoms with van der Waals surface area (Å²) in [6.45, 7) is 0.478. The van der Waals surface area contributed by atoms with E-state index in [2.05, 4.69) is 10.8 Å². The van der Waals surface area contributed by atoms with Crippen LogP contribution in [0.4, 0.5) is 0 Å². The van der Waals surface area contributed by atoms with Gasteiger partial charge in [0, 0.05) is 11.8 Å². The molecule has 7 nitrogen and oxygen atoms in total. The molecule has 0 bridgehead atoms. The highest BCUT2D eigenvalue weighted by Gasteiger charge is 2.34. The zero-order chi connectivity index (χ0) is 20.1. The molecule has 1 atom stereocenters. The minimum atomic E-state index is -1.10. The van der Waals surface area contributed by atoms with Crippen LogP contribution in [-0.4, -0.2) is 17.3 Å². The van der Waals surface area contributed by atoms with Gasteiger partial charge in [-0.15, -0.1) is 0 Å². The number of fused-ring (bicyclic) bond motifs is 1. The number of dihydropyridines is 1. The summed E-state index contributed by atoms with van der Waals surface area (Å²) in [6, 6.07) is 19.1. The molecule has 29 heavy (non-hydrogen) atoms. The van der Waals surface area contributed by atoms with Crippen LogP contribution in [0.25, 0.3) is 0 Å². The van der Waals surface area contributed by atoms with E-state index < -0.39 is 12.2 Å². The van der Waals surface area contributed by atoms with Gasteiger partial charge in [0.2, 0.25) is 6.29 Å². The number of ether oxygens (including phenoxy) is 2. The fraction of sp³-hybridized carbons (Fsp3) is 0.136. The van der Waals surface area contributed by atoms with Crippen LogP contribution in [0.15, 0.2) is 95.7 Å². The van der Waals surface area contributed by atoms with Gasteiger partial charge in [0.25, 0.3) is 5.91 Å². The number of benzene rings is 2. The number of carbonyl (C=O) groups excluding carboxylic acids is 1. The molecule has 0 fully saturated rings. The maximum Gasteiger partial charge on any atom is 0.295 e. The van der Waals surface area contributed by atoms with Crippen molar-refractivity contribution in [2.75, 3.05) is 0 Å². The molecule has 148 valence electrons. The minimum Gasteiger partial charge on any atom is -0.486 e. The van der Waals surface area contributed by atoms with Gasteiger partial charge in [0.1, 0.15) is 12.3 Å². The van der Waals surface area contributed by atoms with Gasteiger partial charge in [0.05, 0.1) is 18.4 Å². The molecule has 2 aliphatic rings. The van der Waals surface area contributed by atoms with Gasteiger partial charge in [0.15, 0.2) is 5.76 Å². The second-order valence-electron chi connectivity index (χ2n) is 6.45. The summed E-state index contributed by atoms with van der Waals surface area (Å²) >= 11 is 0. The molecule has 7 heteroatoms. The van der Waals surface area contributed by atoms with Crippen LogP contribution in [0, 0.1) is 0 Å². The number of carbonyl (C=O) groups is 1. The first-order valence-electron chi connectivity index (χ1n) is 9.10. The Bertz CT molecular complexity index is 967. The smallest absolute Gasteiger partial charge is 0.295 e. The van der Waals surface area contributed by atoms with Crippen molar-refractivity contribution < 1.29 is 24.2 Å². The fourth-order valence-corrected chi connectivity index (χ4v) is 2.95. The van der Waals surface area contributed by atoms with Gasteiger partial charge >= 0.3 is 0 Å². The van der Waals surface area contributed by atoms with Crippen molar-refractivity contribution in [2.24, 2.45) is 0 Å². The number of rotatable bonds is 7. The Morgan fingerprint density at radius 1 is 1.03 bits per heavy atom. The fourth-order valence-electron chi connectivity index (χ4n) is 2.95. The molecule has 0 spiro atoms. The highest BCUT2D eigenvalue weighted by Crippen LogP contribution is 2.34. The van der Waals surface area contributed by atoms with Crippen molar-refractivity contribution >= 4 is 5.91 Å². The van der Waals surface area contributed by atoms with E-state index in [-0.39, 0.29) is 24.7 Å². The highest BCUT2D eigenvalue weighted by atomic mass is 16.7. The lowest BCUT2D eigenvalue weighted by Gasteiger charge is -2.22. The Hall–Kier alpha value is -3.55. The first-order chi connectivity index (χ1) is 14.2. The molecule has 2 aromatic carbocycles. The van der Waals surface area contributed by atoms with Gasteiger partial charge in [-0.05, 0) is 11.1 Å². The Morgan fingerprint density at radius 3 is 2.38 bits per heavy atom. The standard InChI is InChI=1S/C22H20N2O5/c25-21(24-29-13-16-9-5-2-6-10-16)19-20(27-12-15-7-3-1-4-8-15)18-14-28-22(26)17(18)11-23-19/h1-11,14,22-23,26H,12-13H2,(H,24,25). The molecule has 0 aliphatic carbocycles. The van der Waals surface area contributed by atoms with Crippen molar-refractivity contribution in [3.8, 4) is 0 Å². The van der Waals surface area contributed by atoms with Crippen LogP contribution in [0.5, 0.6) is 0 Å². The summed E-state index contributed by atoms with van der Waals surface area (Å²) in [4.78, 5) is 18.0. The summed E-state index contributed by atoms with van der Waals surface area (Å²) in [7, 11) is 0. The van der Waals surface area contributed by atoms with Crippen LogP contribution in [0.1, 0.15) is 11.1 Å². The summed E-state index contributed by atoms with van der Waals surface area (Å²) in [5, 5.41) is 12.8. The molecule has 1 unspecified atom stereocenters. The maximum atomic E-state index is 12.7. The predicted molar refractivity (Wildman–Crippen MR) is 104 cm³/mol. The maximum absolute atomic E-state index is 12.7. The molecule has 1 amide bonds. The van der Waals surface area contributed by atoms with E-state index in [4.69, 9.17) is 14.3 Å². The number of allylic oxidation sites excluding steroid dienone is 1. The van der Waals surface area contributed by atoms with Gasteiger partial charge in [-0.3, -0.25) is 9.63 Å². The van der Waals surface area contributed by atoms with Crippen molar-refractivity contribution in [1.82, 2.24) is 10.8 Å². The normalized spacial score (nSPS) is 17.5. The molecule has 2 aromatic rings. The third-order valence-electron chi connectivity index (χ3n) is 4.44. The minimum absolute atomic E-state index is 0.168. The number of hydroxylamine groups is 1. The quantitative estimate of drug-likeness (QED) is 0.627. The van der Waals surface area contributed by atoms with Crippen LogP contribution < -0.4 is 10.8 Å². The van der Waals surface area contributed by atoms with E-state index in [1.807, 2.05) is 60.7 Å². The average molecular weight is 392 g/mol. The zero-order valence-electron chi connectivity index (χ0n) is 15.5. The van der Waals surface area contributed by atoms with Gasteiger partial charge in [-0.1, -0.05) is 60.7 Å². The van der Waals surface area contributed by atoms with Crippen molar-refractivity contribution in [1.29, 1.82) is 0 Å². The monoisotopic (exact) mass is 392 g/mol. The number of nitrogens with one attached hydrogen (secondary N) is 2. The van der Waals surface area contributed by atoms with Crippen LogP contribution >= 0.6 is 0 Å². The number of amides is 1. The molecular weight excluding hydrogens is 372 g/mol. The Balaban J connectivity index is 1.48. The molecule has 2 heterocycles. The second kappa shape index (κ2) is 8.64. The second-order valence-corrected chi connectivity index (χ2v) is 6.45. The van der Waals surface area contributed by atoms with Gasteiger partial charge in [-0.2, -0.15) is 0 Å². The van der Waals surface area contributed by atoms with Crippen LogP contribution in [-0.2, 0) is 32.3 Å². The lowest BCUT2D eigenvalue weighted by atomic mass is 10.0. The number of hydrogen-bond donors (Lipinski definition) is 3. The topological polar surface area (TPSA) is 89.1 Å². The summed E-state index contributed by atoms with van der Waals surface area (Å²) in [5.41, 5.74) is 5.47. The van der Waals surface area contributed by atoms with Crippen LogP contribution in [0.3, 0.4) is 0 Å². The van der Waals surface area contributed by atoms with Crippen molar-refractivity contribution in [2.45, 2.75) is 19.5 Å². The van der Waals surface area contributed by atoms with E-state index >= 15 is 0 Å². The Kier molecular flexibility index (Phi) is 5.60. The number of aliphatic hydroxyl groups is 1. The van der Waals surface area contributed by atoms with Gasteiger partial charge in [-0.25, -0.2) is 5.48 Å². The lowest BCUT2D eigenvalue weighted by Crippen LogP contribution is -2.34. The van der Waals surface area contributed by atoms with E-state index in [1.165, 1.54) is 12.5 Å². The van der Waals surface area contributed by atoms with E-state index in [0.717, 1.165) is 11.1 Å². The third-order valence-corrected chi connectivity index (χ3v) is 4.44. The van der Waals surface area contributed by atoms with Crippen molar-refractivity contribution in [3.05, 3.63) is 107 Å². The Morgan fingerprint density at radius 2 is 1.69 bits per heavy atom. The first kappa shape index (κ1) is 18.8. The molecular formula is C22H20N2O5. The summed E-state index contributed by atoms with van der Waals surface area (Å²) < 4.78 is 11.1. The lowest BCUT2D eigenvalue weighted by molar-refractivity contribution is -0.131. The first-order valence-corrected chi connectivity index (χ1v) is 9.10. The van der Waals surface area contributed by atoms with E-state index in [9.17, 15) is 9.90 Å². The summed E-state index contributed by atoms with van der Waals surface area (Å²) in [5.74, 6) is -0.217. The van der Waals surface area contributed by atoms with Crippen LogP contribution in [0.2, 0.25) is 0 Å². The Labute approximate surface area is 167 Å². The molecule has 3 N–H and O–H groups in total. The molecule has 0 saturated carbocycles. The third kappa shape index (κ3) is 4.31. The van der Waals surface area contributed by atoms with Crippen molar-refractivity contribution in [3.63, 3.8) is 0 Å². The SMILES string of the molecule is O=C(NOCc1ccccc1)C1=C(OCc2ccccc2)C2=COC(O)C2=CN1. The molecule has 0 radical (unpaired) electrons. The average Bonchev–Trinajstić information content (AvgIpc) is 3.14. The van der Waals surface area contributed by atoms with E-state index in [0.29, 0.717) is 11.1 Å². The highest BCUT2D eigenvalue weighted by molar-refractivity contribution is 5.94. The predicted octanol–water partition coefficient (Wildman–Crippen LogP) is 2.38. The zero-order valence-corrected chi connectivity index (χ0v) is 15.5. The van der Waals surface area contributed by atoms with E-state index in [1.54, 1.807) is 0 Å². The molecule has 2 aliphatic heterocycles. The molecule has 0 aromatic heterocycles. The largest absolute Gasteiger partial charge is 0.486 e. The number of hydrogen-bond acceptors (Lipinski definition) is 6. The molecule has 0 saturated heterocycles. The van der Waals surface area contributed by atoms with Gasteiger partial charge < -0.3 is 19.9 Å². The number of aliphatic hydroxyl groups excluding tert-OH is 1. The summed E-state index contributed by atoms with van der Waals surface area (Å²) in [6.07, 6.45) is 1.80. The molecule has 4 rings (SSSR count).